The fourth-order valence-corrected chi connectivity index (χ4v) is 8.83. The molecular formula is C55H92Cl2N16O5. The van der Waals surface area contributed by atoms with Gasteiger partial charge in [-0.2, -0.15) is 10.5 Å². The monoisotopic (exact) mass is 1130 g/mol. The molecule has 23 heteroatoms. The summed E-state index contributed by atoms with van der Waals surface area (Å²) in [5, 5.41) is 21.1. The number of amides is 5. The summed E-state index contributed by atoms with van der Waals surface area (Å²) in [6, 6.07) is 13.5. The number of hydrogen-bond acceptors (Lipinski definition) is 16. The van der Waals surface area contributed by atoms with Gasteiger partial charge < -0.3 is 41.3 Å². The standard InChI is InChI=1S/C11H8Cl2N2.2C9H19N3O.2C9H15N3O.C6H12N2O.C2H4/c12-9-3-1-2-8(6-9)7-11-14-5-4-10(13)15-11;4*1-9(13)12-7-5-11(6-8-12)4-2-3-10;1-6(9)8-4-2-7-3-5-8;1-2/h1-6H,7H2;2*2-8,10H2,1H3;2*2,4-8H2,1H3;7H,2-5H2,1H3;1-2H2. The molecule has 436 valence electrons. The van der Waals surface area contributed by atoms with Crippen LogP contribution in [0.3, 0.4) is 0 Å². The van der Waals surface area contributed by atoms with Crippen LogP contribution in [0.25, 0.3) is 0 Å². The highest BCUT2D eigenvalue weighted by Gasteiger charge is 2.21. The highest BCUT2D eigenvalue weighted by atomic mass is 35.5. The zero-order chi connectivity index (χ0) is 58.1. The summed E-state index contributed by atoms with van der Waals surface area (Å²) >= 11 is 11.6. The fourth-order valence-electron chi connectivity index (χ4n) is 8.46. The van der Waals surface area contributed by atoms with E-state index in [-0.39, 0.29) is 29.5 Å². The van der Waals surface area contributed by atoms with Crippen molar-refractivity contribution < 1.29 is 24.0 Å². The Morgan fingerprint density at radius 2 is 0.897 bits per heavy atom. The zero-order valence-corrected chi connectivity index (χ0v) is 49.1. The summed E-state index contributed by atoms with van der Waals surface area (Å²) < 4.78 is 0. The van der Waals surface area contributed by atoms with Crippen LogP contribution < -0.4 is 16.8 Å². The summed E-state index contributed by atoms with van der Waals surface area (Å²) in [6.07, 6.45) is 5.57. The number of carbonyl (C=O) groups excluding carboxylic acids is 5. The summed E-state index contributed by atoms with van der Waals surface area (Å²) in [6.45, 7) is 37.4. The third-order valence-corrected chi connectivity index (χ3v) is 13.6. The van der Waals surface area contributed by atoms with Crippen LogP contribution in [0.4, 0.5) is 0 Å². The number of aromatic nitrogens is 2. The van der Waals surface area contributed by atoms with Gasteiger partial charge in [-0.3, -0.25) is 43.6 Å². The molecule has 5 amide bonds. The van der Waals surface area contributed by atoms with Crippen molar-refractivity contribution in [3.8, 4) is 12.1 Å². The Kier molecular flexibility index (Phi) is 39.5. The molecule has 0 bridgehead atoms. The summed E-state index contributed by atoms with van der Waals surface area (Å²) in [5.74, 6) is 1.58. The van der Waals surface area contributed by atoms with E-state index in [0.29, 0.717) is 30.2 Å². The van der Waals surface area contributed by atoms with E-state index in [0.717, 1.165) is 194 Å². The number of nitrogens with two attached hydrogens (primary N) is 2. The first-order valence-corrected chi connectivity index (χ1v) is 28.0. The Hall–Kier alpha value is -5.33. The summed E-state index contributed by atoms with van der Waals surface area (Å²) in [4.78, 5) is 81.4. The van der Waals surface area contributed by atoms with Crippen molar-refractivity contribution in [3.05, 3.63) is 71.3 Å². The number of carbonyl (C=O) groups is 5. The van der Waals surface area contributed by atoms with E-state index in [4.69, 9.17) is 45.2 Å². The van der Waals surface area contributed by atoms with Crippen LogP contribution in [0.2, 0.25) is 10.2 Å². The molecule has 1 aromatic carbocycles. The maximum absolute atomic E-state index is 11.0. The molecule has 0 spiro atoms. The Balaban J connectivity index is 0.000000467. The Morgan fingerprint density at radius 1 is 0.551 bits per heavy atom. The summed E-state index contributed by atoms with van der Waals surface area (Å²) in [7, 11) is 0. The van der Waals surface area contributed by atoms with E-state index in [9.17, 15) is 24.0 Å². The van der Waals surface area contributed by atoms with Crippen molar-refractivity contribution in [1.29, 1.82) is 10.5 Å². The lowest BCUT2D eigenvalue weighted by Crippen LogP contribution is -2.48. The third kappa shape index (κ3) is 32.5. The van der Waals surface area contributed by atoms with Crippen molar-refractivity contribution in [3.63, 3.8) is 0 Å². The minimum Gasteiger partial charge on any atom is -0.340 e. The number of nitrogens with one attached hydrogen (secondary N) is 1. The van der Waals surface area contributed by atoms with Gasteiger partial charge in [-0.05, 0) is 62.8 Å². The molecule has 5 saturated heterocycles. The van der Waals surface area contributed by atoms with E-state index in [1.807, 2.05) is 48.8 Å². The second kappa shape index (κ2) is 43.5. The molecule has 0 saturated carbocycles. The molecular weight excluding hydrogens is 1040 g/mol. The van der Waals surface area contributed by atoms with Gasteiger partial charge in [0.15, 0.2) is 0 Å². The minimum absolute atomic E-state index is 0.153. The first-order valence-electron chi connectivity index (χ1n) is 27.2. The van der Waals surface area contributed by atoms with Crippen molar-refractivity contribution in [2.45, 2.75) is 66.7 Å². The molecule has 5 aliphatic rings. The Labute approximate surface area is 476 Å². The topological polar surface area (TPSA) is 252 Å². The lowest BCUT2D eigenvalue weighted by molar-refractivity contribution is -0.131. The largest absolute Gasteiger partial charge is 0.340 e. The van der Waals surface area contributed by atoms with Crippen LogP contribution in [0, 0.1) is 22.7 Å². The molecule has 0 unspecified atom stereocenters. The van der Waals surface area contributed by atoms with E-state index in [1.165, 1.54) is 0 Å². The van der Waals surface area contributed by atoms with E-state index < -0.39 is 0 Å². The first-order chi connectivity index (χ1) is 37.5. The number of halogens is 2. The van der Waals surface area contributed by atoms with Crippen LogP contribution in [-0.2, 0) is 30.4 Å². The van der Waals surface area contributed by atoms with E-state index >= 15 is 0 Å². The first kappa shape index (κ1) is 70.7. The number of rotatable bonds is 12. The van der Waals surface area contributed by atoms with Gasteiger partial charge in [-0.25, -0.2) is 9.97 Å². The highest BCUT2D eigenvalue weighted by molar-refractivity contribution is 6.30. The number of nitrogens with zero attached hydrogens (tertiary/aromatic N) is 13. The molecule has 78 heavy (non-hydrogen) atoms. The van der Waals surface area contributed by atoms with Crippen molar-refractivity contribution >= 4 is 52.7 Å². The number of benzene rings is 1. The average molecular weight is 1130 g/mol. The van der Waals surface area contributed by atoms with Crippen LogP contribution in [0.15, 0.2) is 49.7 Å². The molecule has 7 rings (SSSR count). The second-order valence-electron chi connectivity index (χ2n) is 18.8. The number of nitriles is 2. The summed E-state index contributed by atoms with van der Waals surface area (Å²) in [5.41, 5.74) is 11.9. The van der Waals surface area contributed by atoms with Crippen LogP contribution in [-0.4, -0.2) is 254 Å². The SMILES string of the molecule is C=C.CC(=O)N1CCN(CCC#N)CC1.CC(=O)N1CCN(CCC#N)CC1.CC(=O)N1CCN(CCCN)CC1.CC(=O)N1CCN(CCCN)CC1.CC(=O)N1CCNCC1.Clc1cccc(Cc2nccc(Cl)n2)c1. The van der Waals surface area contributed by atoms with Crippen molar-refractivity contribution in [2.75, 3.05) is 170 Å². The molecule has 6 heterocycles. The van der Waals surface area contributed by atoms with Gasteiger partial charge in [-0.1, -0.05) is 35.3 Å². The molecule has 0 radical (unpaired) electrons. The number of piperazine rings is 5. The van der Waals surface area contributed by atoms with Gasteiger partial charge in [-0.15, -0.1) is 13.2 Å². The second-order valence-corrected chi connectivity index (χ2v) is 19.7. The Morgan fingerprint density at radius 3 is 1.19 bits per heavy atom. The third-order valence-electron chi connectivity index (χ3n) is 13.2. The van der Waals surface area contributed by atoms with Gasteiger partial charge in [0, 0.05) is 209 Å². The van der Waals surface area contributed by atoms with Crippen LogP contribution in [0.5, 0.6) is 0 Å². The van der Waals surface area contributed by atoms with E-state index in [2.05, 4.69) is 60.2 Å². The van der Waals surface area contributed by atoms with Gasteiger partial charge in [0.1, 0.15) is 11.0 Å². The normalized spacial score (nSPS) is 16.8. The minimum atomic E-state index is 0.153. The van der Waals surface area contributed by atoms with Gasteiger partial charge >= 0.3 is 0 Å². The molecule has 0 atom stereocenters. The molecule has 2 aromatic rings. The number of hydrogen-bond donors (Lipinski definition) is 3. The van der Waals surface area contributed by atoms with E-state index in [1.54, 1.807) is 46.9 Å². The quantitative estimate of drug-likeness (QED) is 0.204. The molecule has 5 fully saturated rings. The predicted molar refractivity (Wildman–Crippen MR) is 310 cm³/mol. The molecule has 5 aliphatic heterocycles. The zero-order valence-electron chi connectivity index (χ0n) is 47.6. The van der Waals surface area contributed by atoms with Crippen LogP contribution >= 0.6 is 23.2 Å². The fraction of sp³-hybridized carbons (Fsp3) is 0.655. The predicted octanol–water partition coefficient (Wildman–Crippen LogP) is 2.74. The van der Waals surface area contributed by atoms with Crippen molar-refractivity contribution in [2.24, 2.45) is 11.5 Å². The molecule has 1 aromatic heterocycles. The average Bonchev–Trinajstić information content (AvgIpc) is 3.45. The maximum atomic E-state index is 11.0. The lowest BCUT2D eigenvalue weighted by atomic mass is 10.1. The van der Waals surface area contributed by atoms with Crippen molar-refractivity contribution in [1.82, 2.24) is 59.4 Å². The van der Waals surface area contributed by atoms with Gasteiger partial charge in [0.05, 0.1) is 12.1 Å². The van der Waals surface area contributed by atoms with Gasteiger partial charge in [0.2, 0.25) is 29.5 Å². The highest BCUT2D eigenvalue weighted by Crippen LogP contribution is 2.14. The maximum Gasteiger partial charge on any atom is 0.219 e. The lowest BCUT2D eigenvalue weighted by Gasteiger charge is -2.34. The molecule has 21 nitrogen and oxygen atoms in total. The Bertz CT molecular complexity index is 1950. The van der Waals surface area contributed by atoms with Gasteiger partial charge in [0.25, 0.3) is 0 Å². The molecule has 5 N–H and O–H groups in total. The van der Waals surface area contributed by atoms with Crippen LogP contribution in [0.1, 0.15) is 71.7 Å². The molecule has 0 aliphatic carbocycles. The smallest absolute Gasteiger partial charge is 0.219 e.